The third-order valence-corrected chi connectivity index (χ3v) is 8.09. The number of benzene rings is 2. The molecule has 12 heteroatoms. The van der Waals surface area contributed by atoms with Crippen molar-refractivity contribution in [3.63, 3.8) is 0 Å². The minimum Gasteiger partial charge on any atom is -0.387 e. The van der Waals surface area contributed by atoms with Crippen LogP contribution in [0.2, 0.25) is 10.0 Å². The van der Waals surface area contributed by atoms with E-state index in [2.05, 4.69) is 17.2 Å². The van der Waals surface area contributed by atoms with E-state index < -0.39 is 27.8 Å². The van der Waals surface area contributed by atoms with Crippen molar-refractivity contribution >= 4 is 56.1 Å². The minimum atomic E-state index is -4.02. The SMILES string of the molecule is C=C1C=CC(c2cc(F)cc(C(=O)N3CC/C(=C(/NC)c4cc(Cl)cc(S(N)(=O)=O)c4)C(=N)C3C)c2Cl)=CN1. The number of nitrogens with one attached hydrogen (secondary N) is 3. The van der Waals surface area contributed by atoms with Gasteiger partial charge in [0.15, 0.2) is 0 Å². The summed E-state index contributed by atoms with van der Waals surface area (Å²) in [6.07, 6.45) is 5.33. The molecule has 2 aliphatic rings. The summed E-state index contributed by atoms with van der Waals surface area (Å²) in [4.78, 5) is 14.9. The van der Waals surface area contributed by atoms with Crippen LogP contribution >= 0.6 is 23.2 Å². The number of amides is 1. The molecule has 0 saturated carbocycles. The number of hydrogen-bond acceptors (Lipinski definition) is 6. The highest BCUT2D eigenvalue weighted by Gasteiger charge is 2.34. The summed E-state index contributed by atoms with van der Waals surface area (Å²) in [6, 6.07) is 5.85. The van der Waals surface area contributed by atoms with Crippen LogP contribution in [-0.4, -0.2) is 44.6 Å². The fourth-order valence-corrected chi connectivity index (χ4v) is 5.76. The van der Waals surface area contributed by atoms with Crippen molar-refractivity contribution in [3.05, 3.63) is 99.1 Å². The second-order valence-corrected chi connectivity index (χ2v) is 11.5. The second kappa shape index (κ2) is 11.0. The Hall–Kier alpha value is -3.44. The minimum absolute atomic E-state index is 0.0149. The van der Waals surface area contributed by atoms with Crippen molar-refractivity contribution < 1.29 is 17.6 Å². The molecule has 8 nitrogen and oxygen atoms in total. The molecule has 4 rings (SSSR count). The molecular formula is C27H26Cl2FN5O3S. The van der Waals surface area contributed by atoms with Crippen LogP contribution in [0.4, 0.5) is 4.39 Å². The van der Waals surface area contributed by atoms with E-state index in [1.54, 1.807) is 38.4 Å². The molecule has 2 aliphatic heterocycles. The van der Waals surface area contributed by atoms with Gasteiger partial charge in [0.2, 0.25) is 10.0 Å². The molecule has 0 bridgehead atoms. The maximum absolute atomic E-state index is 14.7. The van der Waals surface area contributed by atoms with Gasteiger partial charge in [-0.25, -0.2) is 17.9 Å². The molecule has 39 heavy (non-hydrogen) atoms. The summed E-state index contributed by atoms with van der Waals surface area (Å²) >= 11 is 12.8. The molecule has 0 spiro atoms. The third kappa shape index (κ3) is 5.79. The van der Waals surface area contributed by atoms with Gasteiger partial charge in [-0.2, -0.15) is 0 Å². The van der Waals surface area contributed by atoms with Gasteiger partial charge in [-0.15, -0.1) is 0 Å². The standard InChI is InChI=1S/C27H26Cl2FN5O3S/c1-14-4-5-16(13-34-14)22-11-19(30)12-23(24(22)29)27(36)35-7-6-21(25(31)15(35)2)26(33-3)17-8-18(28)10-20(9-17)39(32,37)38/h4-5,8-13,15,31,33-34H,1,6-7H2,2-3H3,(H2,32,37,38)/b26-21-,31-25?. The number of primary sulfonamides is 1. The van der Waals surface area contributed by atoms with Crippen molar-refractivity contribution in [1.29, 1.82) is 5.41 Å². The third-order valence-electron chi connectivity index (χ3n) is 6.57. The van der Waals surface area contributed by atoms with E-state index in [4.69, 9.17) is 33.8 Å². The zero-order valence-electron chi connectivity index (χ0n) is 21.1. The van der Waals surface area contributed by atoms with Crippen LogP contribution in [0.5, 0.6) is 0 Å². The number of nitrogens with zero attached hydrogens (tertiary/aromatic N) is 1. The zero-order chi connectivity index (χ0) is 28.6. The van der Waals surface area contributed by atoms with E-state index in [1.807, 2.05) is 0 Å². The highest BCUT2D eigenvalue weighted by atomic mass is 35.5. The smallest absolute Gasteiger partial charge is 0.256 e. The Balaban J connectivity index is 1.68. The van der Waals surface area contributed by atoms with Crippen LogP contribution < -0.4 is 15.8 Å². The summed E-state index contributed by atoms with van der Waals surface area (Å²) in [5.74, 6) is -1.14. The number of nitrogens with two attached hydrogens (primary N) is 1. The van der Waals surface area contributed by atoms with Gasteiger partial charge in [-0.05, 0) is 55.3 Å². The van der Waals surface area contributed by atoms with E-state index >= 15 is 0 Å². The lowest BCUT2D eigenvalue weighted by Crippen LogP contribution is -2.48. The maximum Gasteiger partial charge on any atom is 0.256 e. The molecule has 5 N–H and O–H groups in total. The maximum atomic E-state index is 14.7. The number of allylic oxidation sites excluding steroid dienone is 3. The summed E-state index contributed by atoms with van der Waals surface area (Å²) in [6.45, 7) is 5.69. The monoisotopic (exact) mass is 589 g/mol. The van der Waals surface area contributed by atoms with Crippen LogP contribution in [0.3, 0.4) is 0 Å². The van der Waals surface area contributed by atoms with Gasteiger partial charge in [0, 0.05) is 52.9 Å². The van der Waals surface area contributed by atoms with Gasteiger partial charge < -0.3 is 20.9 Å². The van der Waals surface area contributed by atoms with Crippen LogP contribution in [0.15, 0.2) is 71.4 Å². The van der Waals surface area contributed by atoms with Crippen molar-refractivity contribution in [3.8, 4) is 0 Å². The topological polar surface area (TPSA) is 128 Å². The van der Waals surface area contributed by atoms with Crippen molar-refractivity contribution in [1.82, 2.24) is 15.5 Å². The van der Waals surface area contributed by atoms with E-state index in [0.29, 0.717) is 33.7 Å². The van der Waals surface area contributed by atoms with E-state index in [9.17, 15) is 17.6 Å². The average Bonchev–Trinajstić information content (AvgIpc) is 2.87. The number of rotatable bonds is 5. The van der Waals surface area contributed by atoms with Gasteiger partial charge in [0.1, 0.15) is 5.82 Å². The Morgan fingerprint density at radius 3 is 2.56 bits per heavy atom. The first-order valence-electron chi connectivity index (χ1n) is 11.8. The highest BCUT2D eigenvalue weighted by molar-refractivity contribution is 7.89. The van der Waals surface area contributed by atoms with Gasteiger partial charge in [-0.3, -0.25) is 4.79 Å². The molecule has 204 valence electrons. The Labute approximate surface area is 236 Å². The fourth-order valence-electron chi connectivity index (χ4n) is 4.58. The fraction of sp³-hybridized carbons (Fsp3) is 0.185. The molecule has 2 aromatic carbocycles. The van der Waals surface area contributed by atoms with Gasteiger partial charge in [-0.1, -0.05) is 35.9 Å². The number of likely N-dealkylation sites (tertiary alicyclic amines) is 1. The number of halogens is 3. The van der Waals surface area contributed by atoms with E-state index in [-0.39, 0.29) is 39.2 Å². The molecule has 1 atom stereocenters. The number of carbonyl (C=O) groups is 1. The summed E-state index contributed by atoms with van der Waals surface area (Å²) < 4.78 is 38.5. The average molecular weight is 591 g/mol. The number of sulfonamides is 1. The molecule has 2 heterocycles. The number of piperidine rings is 1. The molecular weight excluding hydrogens is 564 g/mol. The molecule has 1 unspecified atom stereocenters. The largest absolute Gasteiger partial charge is 0.387 e. The van der Waals surface area contributed by atoms with Crippen LogP contribution in [-0.2, 0) is 10.0 Å². The van der Waals surface area contributed by atoms with Crippen LogP contribution in [0, 0.1) is 11.2 Å². The van der Waals surface area contributed by atoms with Gasteiger partial charge >= 0.3 is 0 Å². The predicted octanol–water partition coefficient (Wildman–Crippen LogP) is 4.68. The van der Waals surface area contributed by atoms with E-state index in [0.717, 1.165) is 6.07 Å². The van der Waals surface area contributed by atoms with Crippen molar-refractivity contribution in [2.75, 3.05) is 13.6 Å². The Morgan fingerprint density at radius 1 is 1.23 bits per heavy atom. The van der Waals surface area contributed by atoms with Gasteiger partial charge in [0.05, 0.1) is 27.2 Å². The Morgan fingerprint density at radius 2 is 1.95 bits per heavy atom. The van der Waals surface area contributed by atoms with E-state index in [1.165, 1.54) is 23.1 Å². The normalized spacial score (nSPS) is 19.0. The molecule has 1 fully saturated rings. The van der Waals surface area contributed by atoms with Crippen LogP contribution in [0.25, 0.3) is 11.3 Å². The molecule has 0 aromatic heterocycles. The Kier molecular flexibility index (Phi) is 8.04. The quantitative estimate of drug-likeness (QED) is 0.402. The Bertz CT molecular complexity index is 1620. The first-order valence-corrected chi connectivity index (χ1v) is 14.1. The second-order valence-electron chi connectivity index (χ2n) is 9.08. The lowest BCUT2D eigenvalue weighted by molar-refractivity contribution is 0.0728. The first-order chi connectivity index (χ1) is 18.3. The molecule has 0 aliphatic carbocycles. The highest BCUT2D eigenvalue weighted by Crippen LogP contribution is 2.34. The lowest BCUT2D eigenvalue weighted by Gasteiger charge is -2.36. The molecule has 2 aromatic rings. The number of carbonyl (C=O) groups excluding carboxylic acids is 1. The predicted molar refractivity (Wildman–Crippen MR) is 152 cm³/mol. The molecule has 1 saturated heterocycles. The van der Waals surface area contributed by atoms with Crippen molar-refractivity contribution in [2.24, 2.45) is 5.14 Å². The summed E-state index contributed by atoms with van der Waals surface area (Å²) in [5, 5.41) is 20.4. The summed E-state index contributed by atoms with van der Waals surface area (Å²) in [7, 11) is -2.38. The summed E-state index contributed by atoms with van der Waals surface area (Å²) in [5.41, 5.74) is 3.21. The number of hydrogen-bond donors (Lipinski definition) is 4. The van der Waals surface area contributed by atoms with Crippen molar-refractivity contribution in [2.45, 2.75) is 24.3 Å². The number of dihydropyridines is 1. The zero-order valence-corrected chi connectivity index (χ0v) is 23.4. The first kappa shape index (κ1) is 28.6. The van der Waals surface area contributed by atoms with Crippen LogP contribution in [0.1, 0.15) is 34.8 Å². The molecule has 0 radical (unpaired) electrons. The lowest BCUT2D eigenvalue weighted by atomic mass is 9.90. The molecule has 1 amide bonds. The van der Waals surface area contributed by atoms with Gasteiger partial charge in [0.25, 0.3) is 5.91 Å².